The number of halogens is 1. The van der Waals surface area contributed by atoms with Crippen molar-refractivity contribution in [3.63, 3.8) is 0 Å². The van der Waals surface area contributed by atoms with Gasteiger partial charge in [0.05, 0.1) is 6.61 Å². The third-order valence-corrected chi connectivity index (χ3v) is 5.04. The van der Waals surface area contributed by atoms with Crippen molar-refractivity contribution >= 4 is 5.69 Å². The SMILES string of the molecule is OCc1cc(F)ccc1N1CCC2(CCCC2)CC1. The van der Waals surface area contributed by atoms with Crippen molar-refractivity contribution in [2.75, 3.05) is 18.0 Å². The lowest BCUT2D eigenvalue weighted by Gasteiger charge is -2.41. The molecule has 1 aromatic rings. The molecule has 1 N–H and O–H groups in total. The molecule has 1 saturated heterocycles. The first kappa shape index (κ1) is 12.9. The van der Waals surface area contributed by atoms with Gasteiger partial charge in [-0.15, -0.1) is 0 Å². The summed E-state index contributed by atoms with van der Waals surface area (Å²) in [6, 6.07) is 4.76. The summed E-state index contributed by atoms with van der Waals surface area (Å²) in [7, 11) is 0. The maximum Gasteiger partial charge on any atom is 0.123 e. The van der Waals surface area contributed by atoms with Gasteiger partial charge in [-0.2, -0.15) is 0 Å². The molecule has 0 radical (unpaired) electrons. The lowest BCUT2D eigenvalue weighted by Crippen LogP contribution is -2.39. The Kier molecular flexibility index (Phi) is 3.48. The lowest BCUT2D eigenvalue weighted by molar-refractivity contribution is 0.225. The third kappa shape index (κ3) is 2.48. The molecule has 3 heteroatoms. The van der Waals surface area contributed by atoms with Gasteiger partial charge < -0.3 is 10.0 Å². The Bertz CT molecular complexity index is 444. The zero-order valence-corrected chi connectivity index (χ0v) is 11.4. The average Bonchev–Trinajstić information content (AvgIpc) is 2.88. The Morgan fingerprint density at radius 1 is 1.11 bits per heavy atom. The maximum atomic E-state index is 13.2. The van der Waals surface area contributed by atoms with Crippen LogP contribution in [-0.4, -0.2) is 18.2 Å². The maximum absolute atomic E-state index is 13.2. The van der Waals surface area contributed by atoms with Crippen molar-refractivity contribution in [3.05, 3.63) is 29.6 Å². The Balaban J connectivity index is 1.74. The predicted molar refractivity (Wildman–Crippen MR) is 74.7 cm³/mol. The molecule has 1 aliphatic carbocycles. The number of rotatable bonds is 2. The fourth-order valence-corrected chi connectivity index (χ4v) is 3.84. The zero-order chi connectivity index (χ0) is 13.3. The minimum Gasteiger partial charge on any atom is -0.392 e. The minimum atomic E-state index is -0.267. The number of nitrogens with zero attached hydrogens (tertiary/aromatic N) is 1. The number of aliphatic hydroxyl groups is 1. The highest BCUT2D eigenvalue weighted by Gasteiger charge is 2.37. The molecule has 0 atom stereocenters. The van der Waals surface area contributed by atoms with Gasteiger partial charge in [0, 0.05) is 24.3 Å². The summed E-state index contributed by atoms with van der Waals surface area (Å²) < 4.78 is 13.2. The van der Waals surface area contributed by atoms with Gasteiger partial charge in [0.25, 0.3) is 0 Å². The van der Waals surface area contributed by atoms with Crippen LogP contribution in [0.4, 0.5) is 10.1 Å². The number of hydrogen-bond acceptors (Lipinski definition) is 2. The number of benzene rings is 1. The van der Waals surface area contributed by atoms with Gasteiger partial charge in [-0.1, -0.05) is 12.8 Å². The largest absolute Gasteiger partial charge is 0.392 e. The quantitative estimate of drug-likeness (QED) is 0.883. The van der Waals surface area contributed by atoms with Crippen LogP contribution in [0.1, 0.15) is 44.1 Å². The molecule has 1 spiro atoms. The predicted octanol–water partition coefficient (Wildman–Crippen LogP) is 3.48. The molecule has 19 heavy (non-hydrogen) atoms. The minimum absolute atomic E-state index is 0.0886. The summed E-state index contributed by atoms with van der Waals surface area (Å²) in [5.74, 6) is -0.267. The molecule has 2 nitrogen and oxygen atoms in total. The highest BCUT2D eigenvalue weighted by Crippen LogP contribution is 2.46. The molecule has 0 aromatic heterocycles. The summed E-state index contributed by atoms with van der Waals surface area (Å²) in [6.07, 6.45) is 8.04. The van der Waals surface area contributed by atoms with E-state index in [0.29, 0.717) is 11.0 Å². The molecule has 1 heterocycles. The summed E-state index contributed by atoms with van der Waals surface area (Å²) >= 11 is 0. The van der Waals surface area contributed by atoms with Crippen molar-refractivity contribution in [2.45, 2.75) is 45.1 Å². The average molecular weight is 263 g/mol. The normalized spacial score (nSPS) is 22.1. The zero-order valence-electron chi connectivity index (χ0n) is 11.4. The van der Waals surface area contributed by atoms with Crippen molar-refractivity contribution in [3.8, 4) is 0 Å². The Labute approximate surface area is 114 Å². The van der Waals surface area contributed by atoms with Crippen LogP contribution in [-0.2, 0) is 6.61 Å². The van der Waals surface area contributed by atoms with Gasteiger partial charge in [-0.25, -0.2) is 4.39 Å². The Morgan fingerprint density at radius 2 is 1.79 bits per heavy atom. The number of anilines is 1. The third-order valence-electron chi connectivity index (χ3n) is 5.04. The van der Waals surface area contributed by atoms with Crippen LogP contribution in [0.5, 0.6) is 0 Å². The molecule has 104 valence electrons. The fourth-order valence-electron chi connectivity index (χ4n) is 3.84. The highest BCUT2D eigenvalue weighted by molar-refractivity contribution is 5.54. The van der Waals surface area contributed by atoms with E-state index in [-0.39, 0.29) is 12.4 Å². The van der Waals surface area contributed by atoms with Crippen LogP contribution in [0, 0.1) is 11.2 Å². The second-order valence-corrected chi connectivity index (χ2v) is 6.13. The molecule has 0 unspecified atom stereocenters. The summed E-state index contributed by atoms with van der Waals surface area (Å²) in [5, 5.41) is 9.39. The van der Waals surface area contributed by atoms with Gasteiger partial charge >= 0.3 is 0 Å². The summed E-state index contributed by atoms with van der Waals surface area (Å²) in [4.78, 5) is 2.31. The Hall–Kier alpha value is -1.09. The second-order valence-electron chi connectivity index (χ2n) is 6.13. The van der Waals surface area contributed by atoms with Crippen LogP contribution in [0.25, 0.3) is 0 Å². The van der Waals surface area contributed by atoms with E-state index in [0.717, 1.165) is 18.8 Å². The standard InChI is InChI=1S/C16H22FNO/c17-14-3-4-15(13(11-14)12-19)18-9-7-16(8-10-18)5-1-2-6-16/h3-4,11,19H,1-2,5-10,12H2. The molecule has 2 aliphatic rings. The molecule has 0 amide bonds. The monoisotopic (exact) mass is 263 g/mol. The number of hydrogen-bond donors (Lipinski definition) is 1. The first-order chi connectivity index (χ1) is 9.22. The fraction of sp³-hybridized carbons (Fsp3) is 0.625. The van der Waals surface area contributed by atoms with Gasteiger partial charge in [0.15, 0.2) is 0 Å². The molecule has 0 bridgehead atoms. The van der Waals surface area contributed by atoms with E-state index in [1.54, 1.807) is 0 Å². The summed E-state index contributed by atoms with van der Waals surface area (Å²) in [6.45, 7) is 1.99. The second kappa shape index (κ2) is 5.12. The van der Waals surface area contributed by atoms with Gasteiger partial charge in [-0.05, 0) is 49.3 Å². The van der Waals surface area contributed by atoms with E-state index in [9.17, 15) is 9.50 Å². The smallest absolute Gasteiger partial charge is 0.123 e. The summed E-state index contributed by atoms with van der Waals surface area (Å²) in [5.41, 5.74) is 2.31. The van der Waals surface area contributed by atoms with Crippen LogP contribution in [0.2, 0.25) is 0 Å². The van der Waals surface area contributed by atoms with E-state index in [2.05, 4.69) is 4.90 Å². The van der Waals surface area contributed by atoms with Crippen molar-refractivity contribution in [1.29, 1.82) is 0 Å². The molecule has 2 fully saturated rings. The number of piperidine rings is 1. The van der Waals surface area contributed by atoms with Gasteiger partial charge in [0.2, 0.25) is 0 Å². The van der Waals surface area contributed by atoms with E-state index in [4.69, 9.17) is 0 Å². The van der Waals surface area contributed by atoms with Crippen molar-refractivity contribution in [1.82, 2.24) is 0 Å². The van der Waals surface area contributed by atoms with E-state index >= 15 is 0 Å². The van der Waals surface area contributed by atoms with Crippen LogP contribution in [0.15, 0.2) is 18.2 Å². The van der Waals surface area contributed by atoms with Gasteiger partial charge in [-0.3, -0.25) is 0 Å². The van der Waals surface area contributed by atoms with E-state index in [1.165, 1.54) is 50.7 Å². The lowest BCUT2D eigenvalue weighted by atomic mass is 9.77. The number of aliphatic hydroxyl groups excluding tert-OH is 1. The van der Waals surface area contributed by atoms with E-state index < -0.39 is 0 Å². The Morgan fingerprint density at radius 3 is 2.42 bits per heavy atom. The van der Waals surface area contributed by atoms with E-state index in [1.807, 2.05) is 6.07 Å². The molecular weight excluding hydrogens is 241 g/mol. The molecule has 1 aromatic carbocycles. The first-order valence-corrected chi connectivity index (χ1v) is 7.37. The van der Waals surface area contributed by atoms with Crippen molar-refractivity contribution < 1.29 is 9.50 Å². The molecule has 3 rings (SSSR count). The van der Waals surface area contributed by atoms with Crippen LogP contribution < -0.4 is 4.90 Å². The molecular formula is C16H22FNO. The molecule has 1 saturated carbocycles. The first-order valence-electron chi connectivity index (χ1n) is 7.37. The topological polar surface area (TPSA) is 23.5 Å². The van der Waals surface area contributed by atoms with Crippen molar-refractivity contribution in [2.24, 2.45) is 5.41 Å². The van der Waals surface area contributed by atoms with Crippen LogP contribution in [0.3, 0.4) is 0 Å². The van der Waals surface area contributed by atoms with Crippen LogP contribution >= 0.6 is 0 Å². The molecule has 1 aliphatic heterocycles. The van der Waals surface area contributed by atoms with Gasteiger partial charge in [0.1, 0.15) is 5.82 Å². The highest BCUT2D eigenvalue weighted by atomic mass is 19.1.